The lowest BCUT2D eigenvalue weighted by Crippen LogP contribution is -2.56. The number of carbonyl (C=O) groups is 4. The highest BCUT2D eigenvalue weighted by atomic mass is 16.4. The summed E-state index contributed by atoms with van der Waals surface area (Å²) in [7, 11) is 0. The van der Waals surface area contributed by atoms with E-state index in [1.54, 1.807) is 0 Å². The summed E-state index contributed by atoms with van der Waals surface area (Å²) in [6.07, 6.45) is -2.16. The fourth-order valence-corrected chi connectivity index (χ4v) is 1.33. The van der Waals surface area contributed by atoms with E-state index in [0.29, 0.717) is 0 Å². The topological polar surface area (TPSA) is 179 Å². The van der Waals surface area contributed by atoms with Crippen molar-refractivity contribution in [2.45, 2.75) is 44.5 Å². The zero-order valence-electron chi connectivity index (χ0n) is 11.6. The second-order valence-electron chi connectivity index (χ2n) is 4.51. The van der Waals surface area contributed by atoms with Crippen LogP contribution in [0.5, 0.6) is 0 Å². The predicted octanol–water partition coefficient (Wildman–Crippen LogP) is -2.76. The molecule has 0 aliphatic carbocycles. The van der Waals surface area contributed by atoms with Crippen molar-refractivity contribution in [1.82, 2.24) is 10.6 Å². The molecule has 10 heteroatoms. The second kappa shape index (κ2) is 8.17. The van der Waals surface area contributed by atoms with Crippen LogP contribution >= 0.6 is 0 Å². The van der Waals surface area contributed by atoms with E-state index in [-0.39, 0.29) is 0 Å². The number of nitrogens with two attached hydrogens (primary N) is 1. The van der Waals surface area contributed by atoms with Crippen molar-refractivity contribution in [3.8, 4) is 0 Å². The van der Waals surface area contributed by atoms with Gasteiger partial charge in [0.1, 0.15) is 6.04 Å². The molecule has 120 valence electrons. The summed E-state index contributed by atoms with van der Waals surface area (Å²) in [6.45, 7) is 2.48. The number of hydrogen-bond donors (Lipinski definition) is 6. The van der Waals surface area contributed by atoms with E-state index in [9.17, 15) is 24.3 Å². The number of nitrogens with one attached hydrogen (secondary N) is 2. The summed E-state index contributed by atoms with van der Waals surface area (Å²) in [5.74, 6) is -4.67. The Hall–Kier alpha value is -2.20. The van der Waals surface area contributed by atoms with E-state index in [0.717, 1.165) is 6.92 Å². The number of rotatable bonds is 8. The maximum Gasteiger partial charge on any atom is 0.328 e. The van der Waals surface area contributed by atoms with E-state index in [1.807, 2.05) is 5.32 Å². The highest BCUT2D eigenvalue weighted by molar-refractivity contribution is 5.93. The number of aliphatic carboxylic acids is 2. The number of aliphatic hydroxyl groups excluding tert-OH is 1. The summed E-state index contributed by atoms with van der Waals surface area (Å²) >= 11 is 0. The number of carboxylic acid groups (broad SMARTS) is 2. The highest BCUT2D eigenvalue weighted by Crippen LogP contribution is 1.99. The number of amides is 2. The summed E-state index contributed by atoms with van der Waals surface area (Å²) in [4.78, 5) is 44.8. The Labute approximate surface area is 120 Å². The number of carbonyl (C=O) groups excluding carboxylic acids is 2. The first-order valence-corrected chi connectivity index (χ1v) is 6.05. The molecule has 0 spiro atoms. The zero-order chi connectivity index (χ0) is 16.7. The maximum absolute atomic E-state index is 11.9. The van der Waals surface area contributed by atoms with Crippen LogP contribution in [0.25, 0.3) is 0 Å². The van der Waals surface area contributed by atoms with Crippen molar-refractivity contribution in [2.75, 3.05) is 0 Å². The van der Waals surface area contributed by atoms with Crippen LogP contribution in [-0.2, 0) is 19.2 Å². The van der Waals surface area contributed by atoms with Gasteiger partial charge in [0.2, 0.25) is 11.8 Å². The van der Waals surface area contributed by atoms with E-state index < -0.39 is 54.4 Å². The Morgan fingerprint density at radius 1 is 1.05 bits per heavy atom. The first kappa shape index (κ1) is 18.8. The summed E-state index contributed by atoms with van der Waals surface area (Å²) in [5.41, 5.74) is 5.29. The average Bonchev–Trinajstić information content (AvgIpc) is 2.32. The average molecular weight is 305 g/mol. The van der Waals surface area contributed by atoms with E-state index in [1.165, 1.54) is 6.92 Å². The molecular formula is C11H19N3O7. The van der Waals surface area contributed by atoms with Gasteiger partial charge in [-0.25, -0.2) is 4.79 Å². The molecule has 0 saturated carbocycles. The second-order valence-corrected chi connectivity index (χ2v) is 4.51. The van der Waals surface area contributed by atoms with Crippen molar-refractivity contribution in [3.05, 3.63) is 0 Å². The van der Waals surface area contributed by atoms with Gasteiger partial charge in [-0.3, -0.25) is 14.4 Å². The van der Waals surface area contributed by atoms with Crippen molar-refractivity contribution in [3.63, 3.8) is 0 Å². The molecular weight excluding hydrogens is 286 g/mol. The molecule has 0 saturated heterocycles. The lowest BCUT2D eigenvalue weighted by atomic mass is 10.1. The van der Waals surface area contributed by atoms with Crippen LogP contribution in [0.4, 0.5) is 0 Å². The third-order valence-electron chi connectivity index (χ3n) is 2.47. The molecule has 10 nitrogen and oxygen atoms in total. The van der Waals surface area contributed by atoms with Crippen LogP contribution in [0.2, 0.25) is 0 Å². The molecule has 2 amide bonds. The van der Waals surface area contributed by atoms with Crippen LogP contribution < -0.4 is 16.4 Å². The van der Waals surface area contributed by atoms with Gasteiger partial charge in [0.05, 0.1) is 18.6 Å². The molecule has 4 unspecified atom stereocenters. The molecule has 7 N–H and O–H groups in total. The first-order chi connectivity index (χ1) is 9.56. The standard InChI is InChI=1S/C11H19N3O7/c1-4(12)9(18)13-6(3-7(16)17)10(19)14-8(5(2)15)11(20)21/h4-6,8,15H,3,12H2,1-2H3,(H,13,18)(H,14,19)(H,16,17)(H,20,21). The summed E-state index contributed by atoms with van der Waals surface area (Å²) < 4.78 is 0. The number of carboxylic acids is 2. The fourth-order valence-electron chi connectivity index (χ4n) is 1.33. The van der Waals surface area contributed by atoms with Gasteiger partial charge < -0.3 is 31.7 Å². The van der Waals surface area contributed by atoms with E-state index in [4.69, 9.17) is 15.9 Å². The lowest BCUT2D eigenvalue weighted by Gasteiger charge is -2.22. The smallest absolute Gasteiger partial charge is 0.328 e. The Balaban J connectivity index is 4.98. The molecule has 0 rings (SSSR count). The van der Waals surface area contributed by atoms with Gasteiger partial charge in [-0.05, 0) is 13.8 Å². The third-order valence-corrected chi connectivity index (χ3v) is 2.47. The van der Waals surface area contributed by atoms with Crippen molar-refractivity contribution >= 4 is 23.8 Å². The monoisotopic (exact) mass is 305 g/mol. The molecule has 0 radical (unpaired) electrons. The van der Waals surface area contributed by atoms with Gasteiger partial charge >= 0.3 is 11.9 Å². The number of aliphatic hydroxyl groups is 1. The lowest BCUT2D eigenvalue weighted by molar-refractivity contribution is -0.145. The zero-order valence-corrected chi connectivity index (χ0v) is 11.6. The fraction of sp³-hybridized carbons (Fsp3) is 0.636. The van der Waals surface area contributed by atoms with Gasteiger partial charge in [0.15, 0.2) is 6.04 Å². The number of hydrogen-bond acceptors (Lipinski definition) is 6. The van der Waals surface area contributed by atoms with Crippen LogP contribution in [0, 0.1) is 0 Å². The van der Waals surface area contributed by atoms with Crippen molar-refractivity contribution in [2.24, 2.45) is 5.73 Å². The van der Waals surface area contributed by atoms with Gasteiger partial charge in [0.25, 0.3) is 0 Å². The molecule has 21 heavy (non-hydrogen) atoms. The Morgan fingerprint density at radius 2 is 1.57 bits per heavy atom. The Kier molecular flexibility index (Phi) is 7.31. The summed E-state index contributed by atoms with van der Waals surface area (Å²) in [6, 6.07) is -4.09. The maximum atomic E-state index is 11.9. The molecule has 0 aliphatic rings. The quantitative estimate of drug-likeness (QED) is 0.279. The molecule has 0 heterocycles. The minimum absolute atomic E-state index is 0.754. The summed E-state index contributed by atoms with van der Waals surface area (Å²) in [5, 5.41) is 30.8. The Morgan fingerprint density at radius 3 is 1.90 bits per heavy atom. The van der Waals surface area contributed by atoms with Gasteiger partial charge in [0, 0.05) is 0 Å². The highest BCUT2D eigenvalue weighted by Gasteiger charge is 2.31. The van der Waals surface area contributed by atoms with E-state index in [2.05, 4.69) is 5.32 Å². The van der Waals surface area contributed by atoms with Crippen LogP contribution in [0.15, 0.2) is 0 Å². The van der Waals surface area contributed by atoms with Gasteiger partial charge in [-0.2, -0.15) is 0 Å². The van der Waals surface area contributed by atoms with Crippen LogP contribution in [-0.4, -0.2) is 63.3 Å². The minimum Gasteiger partial charge on any atom is -0.481 e. The molecule has 0 bridgehead atoms. The molecule has 0 aromatic rings. The van der Waals surface area contributed by atoms with Crippen molar-refractivity contribution < 1.29 is 34.5 Å². The molecule has 0 aliphatic heterocycles. The first-order valence-electron chi connectivity index (χ1n) is 6.05. The van der Waals surface area contributed by atoms with Crippen LogP contribution in [0.1, 0.15) is 20.3 Å². The van der Waals surface area contributed by atoms with Crippen LogP contribution in [0.3, 0.4) is 0 Å². The molecule has 0 fully saturated rings. The van der Waals surface area contributed by atoms with E-state index >= 15 is 0 Å². The SMILES string of the molecule is CC(N)C(=O)NC(CC(=O)O)C(=O)NC(C(=O)O)C(C)O. The minimum atomic E-state index is -1.62. The molecule has 4 atom stereocenters. The normalized spacial score (nSPS) is 16.2. The molecule has 0 aromatic carbocycles. The largest absolute Gasteiger partial charge is 0.481 e. The van der Waals surface area contributed by atoms with Gasteiger partial charge in [-0.15, -0.1) is 0 Å². The Bertz CT molecular complexity index is 422. The third kappa shape index (κ3) is 6.68. The predicted molar refractivity (Wildman–Crippen MR) is 69.1 cm³/mol. The molecule has 0 aromatic heterocycles. The van der Waals surface area contributed by atoms with Gasteiger partial charge in [-0.1, -0.05) is 0 Å². The van der Waals surface area contributed by atoms with Crippen molar-refractivity contribution in [1.29, 1.82) is 0 Å².